The number of hydrogen-bond acceptors (Lipinski definition) is 4. The smallest absolute Gasteiger partial charge is 0.127 e. The molecule has 1 aromatic carbocycles. The molecule has 1 fully saturated rings. The predicted molar refractivity (Wildman–Crippen MR) is 101 cm³/mol. The van der Waals surface area contributed by atoms with E-state index in [1.54, 1.807) is 0 Å². The third-order valence-electron chi connectivity index (χ3n) is 4.86. The van der Waals surface area contributed by atoms with Crippen molar-refractivity contribution < 1.29 is 9.84 Å². The molecule has 1 aromatic rings. The Kier molecular flexibility index (Phi) is 6.72. The number of ether oxygens (including phenoxy) is 1. The number of hydrogen-bond donors (Lipinski definition) is 2. The number of halogens is 1. The van der Waals surface area contributed by atoms with Gasteiger partial charge in [-0.1, -0.05) is 15.9 Å². The van der Waals surface area contributed by atoms with Gasteiger partial charge < -0.3 is 15.2 Å². The highest BCUT2D eigenvalue weighted by Crippen LogP contribution is 2.28. The van der Waals surface area contributed by atoms with Crippen LogP contribution in [0.1, 0.15) is 31.2 Å². The van der Waals surface area contributed by atoms with E-state index in [2.05, 4.69) is 38.3 Å². The quantitative estimate of drug-likeness (QED) is 0.665. The third-order valence-corrected chi connectivity index (χ3v) is 5.35. The number of fused-ring (bicyclic) bond motifs is 1. The maximum absolute atomic E-state index is 9.33. The lowest BCUT2D eigenvalue weighted by Gasteiger charge is -2.22. The molecular formula is C19H27BrN2O2. The molecule has 0 aromatic heterocycles. The van der Waals surface area contributed by atoms with Gasteiger partial charge in [-0.15, -0.1) is 0 Å². The van der Waals surface area contributed by atoms with E-state index in [0.717, 1.165) is 48.4 Å². The summed E-state index contributed by atoms with van der Waals surface area (Å²) in [4.78, 5) is 2.44. The van der Waals surface area contributed by atoms with E-state index in [9.17, 15) is 5.11 Å². The molecule has 1 unspecified atom stereocenters. The van der Waals surface area contributed by atoms with Crippen LogP contribution in [0.2, 0.25) is 0 Å². The first-order valence-electron chi connectivity index (χ1n) is 8.93. The lowest BCUT2D eigenvalue weighted by molar-refractivity contribution is 0.157. The van der Waals surface area contributed by atoms with E-state index in [4.69, 9.17) is 4.74 Å². The maximum Gasteiger partial charge on any atom is 0.127 e. The zero-order valence-corrected chi connectivity index (χ0v) is 15.7. The van der Waals surface area contributed by atoms with Crippen molar-refractivity contribution in [3.63, 3.8) is 0 Å². The van der Waals surface area contributed by atoms with E-state index >= 15 is 0 Å². The first-order chi connectivity index (χ1) is 11.8. The number of aliphatic hydroxyl groups is 1. The van der Waals surface area contributed by atoms with Gasteiger partial charge in [0.05, 0.1) is 6.61 Å². The van der Waals surface area contributed by atoms with Gasteiger partial charge in [-0.2, -0.15) is 0 Å². The Morgan fingerprint density at radius 3 is 3.12 bits per heavy atom. The van der Waals surface area contributed by atoms with Gasteiger partial charge in [0.25, 0.3) is 0 Å². The third kappa shape index (κ3) is 4.82. The van der Waals surface area contributed by atoms with Gasteiger partial charge in [-0.3, -0.25) is 4.90 Å². The lowest BCUT2D eigenvalue weighted by Crippen LogP contribution is -2.33. The molecule has 2 aliphatic heterocycles. The summed E-state index contributed by atoms with van der Waals surface area (Å²) in [6.07, 6.45) is 6.97. The summed E-state index contributed by atoms with van der Waals surface area (Å²) in [6, 6.07) is 6.53. The van der Waals surface area contributed by atoms with Crippen molar-refractivity contribution in [1.82, 2.24) is 10.2 Å². The van der Waals surface area contributed by atoms with Crippen molar-refractivity contribution >= 4 is 22.0 Å². The maximum atomic E-state index is 9.33. The average Bonchev–Trinajstić information content (AvgIpc) is 3.05. The molecule has 132 valence electrons. The monoisotopic (exact) mass is 394 g/mol. The topological polar surface area (TPSA) is 44.7 Å². The highest BCUT2D eigenvalue weighted by atomic mass is 79.9. The Bertz CT molecular complexity index is 576. The fourth-order valence-electron chi connectivity index (χ4n) is 3.51. The van der Waals surface area contributed by atoms with Crippen molar-refractivity contribution in [2.75, 3.05) is 39.4 Å². The molecular weight excluding hydrogens is 368 g/mol. The standard InChI is InChI=1S/C19H27BrN2O2/c20-17-5-6-19-16(11-17)10-15(14-24-19)12-21-7-1-2-8-22-9-3-4-18(22)13-23/h5-6,10-11,18,21,23H,1-4,7-9,12-14H2. The van der Waals surface area contributed by atoms with Gasteiger partial charge in [-0.05, 0) is 75.2 Å². The van der Waals surface area contributed by atoms with Crippen LogP contribution in [0, 0.1) is 0 Å². The molecule has 2 N–H and O–H groups in total. The molecule has 0 spiro atoms. The highest BCUT2D eigenvalue weighted by molar-refractivity contribution is 9.10. The first-order valence-corrected chi connectivity index (χ1v) is 9.73. The molecule has 0 radical (unpaired) electrons. The normalized spacial score (nSPS) is 20.6. The van der Waals surface area contributed by atoms with Gasteiger partial charge in [0.1, 0.15) is 12.4 Å². The van der Waals surface area contributed by atoms with Crippen LogP contribution in [0.4, 0.5) is 0 Å². The number of unbranched alkanes of at least 4 members (excludes halogenated alkanes) is 1. The van der Waals surface area contributed by atoms with Crippen molar-refractivity contribution in [3.8, 4) is 5.75 Å². The minimum atomic E-state index is 0.310. The SMILES string of the molecule is OCC1CCCN1CCCCNCC1=Cc2cc(Br)ccc2OC1. The molecule has 5 heteroatoms. The molecule has 4 nitrogen and oxygen atoms in total. The predicted octanol–water partition coefficient (Wildman–Crippen LogP) is 3.05. The zero-order chi connectivity index (χ0) is 16.8. The van der Waals surface area contributed by atoms with Gasteiger partial charge in [0, 0.05) is 22.6 Å². The van der Waals surface area contributed by atoms with Gasteiger partial charge in [0.15, 0.2) is 0 Å². The van der Waals surface area contributed by atoms with Crippen LogP contribution in [-0.2, 0) is 0 Å². The Morgan fingerprint density at radius 1 is 1.33 bits per heavy atom. The summed E-state index contributed by atoms with van der Waals surface area (Å²) < 4.78 is 6.88. The number of aliphatic hydroxyl groups excluding tert-OH is 1. The van der Waals surface area contributed by atoms with E-state index in [-0.39, 0.29) is 0 Å². The second-order valence-corrected chi connectivity index (χ2v) is 7.59. The molecule has 2 aliphatic rings. The Hall–Kier alpha value is -0.880. The van der Waals surface area contributed by atoms with Crippen molar-refractivity contribution in [1.29, 1.82) is 0 Å². The van der Waals surface area contributed by atoms with Crippen LogP contribution in [-0.4, -0.2) is 55.4 Å². The molecule has 1 atom stereocenters. The van der Waals surface area contributed by atoms with Crippen molar-refractivity contribution in [2.24, 2.45) is 0 Å². The Morgan fingerprint density at radius 2 is 2.25 bits per heavy atom. The van der Waals surface area contributed by atoms with Crippen LogP contribution in [0.25, 0.3) is 6.08 Å². The molecule has 0 amide bonds. The molecule has 3 rings (SSSR count). The van der Waals surface area contributed by atoms with Gasteiger partial charge >= 0.3 is 0 Å². The van der Waals surface area contributed by atoms with E-state index in [0.29, 0.717) is 19.3 Å². The van der Waals surface area contributed by atoms with Crippen LogP contribution < -0.4 is 10.1 Å². The minimum Gasteiger partial charge on any atom is -0.489 e. The van der Waals surface area contributed by atoms with Gasteiger partial charge in [-0.25, -0.2) is 0 Å². The lowest BCUT2D eigenvalue weighted by atomic mass is 10.1. The van der Waals surface area contributed by atoms with Crippen molar-refractivity contribution in [3.05, 3.63) is 33.8 Å². The fourth-order valence-corrected chi connectivity index (χ4v) is 3.89. The number of rotatable bonds is 8. The largest absolute Gasteiger partial charge is 0.489 e. The van der Waals surface area contributed by atoms with E-state index < -0.39 is 0 Å². The summed E-state index contributed by atoms with van der Waals surface area (Å²) in [5.41, 5.74) is 2.44. The molecule has 0 aliphatic carbocycles. The molecule has 1 saturated heterocycles. The summed E-state index contributed by atoms with van der Waals surface area (Å²) in [7, 11) is 0. The zero-order valence-electron chi connectivity index (χ0n) is 14.1. The second kappa shape index (κ2) is 8.99. The molecule has 2 heterocycles. The minimum absolute atomic E-state index is 0.310. The molecule has 0 bridgehead atoms. The second-order valence-electron chi connectivity index (χ2n) is 6.67. The summed E-state index contributed by atoms with van der Waals surface area (Å²) in [5.74, 6) is 0.964. The summed E-state index contributed by atoms with van der Waals surface area (Å²) >= 11 is 3.51. The number of nitrogens with zero attached hydrogens (tertiary/aromatic N) is 1. The first kappa shape index (κ1) is 17.9. The molecule has 0 saturated carbocycles. The van der Waals surface area contributed by atoms with E-state index in [1.165, 1.54) is 24.8 Å². The molecule has 24 heavy (non-hydrogen) atoms. The van der Waals surface area contributed by atoms with Crippen LogP contribution in [0.15, 0.2) is 28.2 Å². The highest BCUT2D eigenvalue weighted by Gasteiger charge is 2.22. The van der Waals surface area contributed by atoms with Crippen LogP contribution >= 0.6 is 15.9 Å². The number of benzene rings is 1. The van der Waals surface area contributed by atoms with E-state index in [1.807, 2.05) is 12.1 Å². The fraction of sp³-hybridized carbons (Fsp3) is 0.579. The number of likely N-dealkylation sites (tertiary alicyclic amines) is 1. The summed E-state index contributed by atoms with van der Waals surface area (Å²) in [5, 5.41) is 12.9. The summed E-state index contributed by atoms with van der Waals surface area (Å²) in [6.45, 7) is 5.16. The van der Waals surface area contributed by atoms with Gasteiger partial charge in [0.2, 0.25) is 0 Å². The Balaban J connectivity index is 1.34. The average molecular weight is 395 g/mol. The number of nitrogens with one attached hydrogen (secondary N) is 1. The van der Waals surface area contributed by atoms with Crippen molar-refractivity contribution in [2.45, 2.75) is 31.7 Å². The Labute approximate surface area is 153 Å². The van der Waals surface area contributed by atoms with Crippen LogP contribution in [0.3, 0.4) is 0 Å². The van der Waals surface area contributed by atoms with Crippen LogP contribution in [0.5, 0.6) is 5.75 Å².